The van der Waals surface area contributed by atoms with Crippen molar-refractivity contribution in [3.8, 4) is 0 Å². The van der Waals surface area contributed by atoms with E-state index in [0.29, 0.717) is 10.0 Å². The minimum atomic E-state index is -0.0822. The zero-order valence-electron chi connectivity index (χ0n) is 7.84. The molecule has 0 aliphatic heterocycles. The largest absolute Gasteiger partial charge is 0.392 e. The van der Waals surface area contributed by atoms with Crippen LogP contribution in [-0.4, -0.2) is 14.8 Å². The molecule has 1 heterocycles. The highest BCUT2D eigenvalue weighted by Crippen LogP contribution is 2.21. The molecule has 3 nitrogen and oxygen atoms in total. The summed E-state index contributed by atoms with van der Waals surface area (Å²) >= 11 is 10.9. The predicted molar refractivity (Wildman–Crippen MR) is 58.2 cm³/mol. The van der Waals surface area contributed by atoms with Crippen LogP contribution < -0.4 is 5.73 Å². The molecule has 0 saturated carbocycles. The van der Waals surface area contributed by atoms with Gasteiger partial charge in [-0.25, -0.2) is 0 Å². The Bertz CT molecular complexity index is 345. The molecule has 13 heavy (non-hydrogen) atoms. The molecule has 5 heteroatoms. The summed E-state index contributed by atoms with van der Waals surface area (Å²) in [4.78, 5) is 0.419. The lowest BCUT2D eigenvalue weighted by Gasteiger charge is -2.11. The van der Waals surface area contributed by atoms with E-state index in [1.807, 2.05) is 20.8 Å². The molecule has 1 atom stereocenters. The van der Waals surface area contributed by atoms with Crippen molar-refractivity contribution in [2.24, 2.45) is 5.73 Å². The highest BCUT2D eigenvalue weighted by Gasteiger charge is 2.15. The quantitative estimate of drug-likeness (QED) is 0.771. The summed E-state index contributed by atoms with van der Waals surface area (Å²) in [5, 5.41) is 4.93. The molecule has 0 aliphatic rings. The van der Waals surface area contributed by atoms with Crippen molar-refractivity contribution in [3.05, 3.63) is 16.4 Å². The zero-order chi connectivity index (χ0) is 10.2. The Morgan fingerprint density at radius 3 is 2.46 bits per heavy atom. The molecule has 2 N–H and O–H groups in total. The first-order valence-electron chi connectivity index (χ1n) is 3.95. The predicted octanol–water partition coefficient (Wildman–Crippen LogP) is 2.00. The SMILES string of the molecule is Cc1nn(C(C)C(N)=S)c(C)c1Cl. The number of halogens is 1. The molecule has 0 aliphatic carbocycles. The smallest absolute Gasteiger partial charge is 0.0992 e. The van der Waals surface area contributed by atoms with E-state index in [9.17, 15) is 0 Å². The third-order valence-corrected chi connectivity index (χ3v) is 2.90. The van der Waals surface area contributed by atoms with Gasteiger partial charge in [0.2, 0.25) is 0 Å². The first kappa shape index (κ1) is 10.5. The molecule has 0 aromatic carbocycles. The van der Waals surface area contributed by atoms with Gasteiger partial charge >= 0.3 is 0 Å². The Morgan fingerprint density at radius 2 is 2.15 bits per heavy atom. The first-order valence-corrected chi connectivity index (χ1v) is 4.74. The fraction of sp³-hybridized carbons (Fsp3) is 0.500. The summed E-state index contributed by atoms with van der Waals surface area (Å²) < 4.78 is 1.75. The number of hydrogen-bond donors (Lipinski definition) is 1. The van der Waals surface area contributed by atoms with Crippen molar-refractivity contribution >= 4 is 28.8 Å². The Hall–Kier alpha value is -0.610. The molecular weight excluding hydrogens is 206 g/mol. The molecule has 0 fully saturated rings. The summed E-state index contributed by atoms with van der Waals surface area (Å²) in [6.45, 7) is 5.66. The lowest BCUT2D eigenvalue weighted by atomic mass is 10.3. The second-order valence-corrected chi connectivity index (χ2v) is 3.86. The molecule has 1 aromatic heterocycles. The monoisotopic (exact) mass is 217 g/mol. The van der Waals surface area contributed by atoms with Gasteiger partial charge in [0.1, 0.15) is 0 Å². The normalized spacial score (nSPS) is 12.9. The highest BCUT2D eigenvalue weighted by atomic mass is 35.5. The van der Waals surface area contributed by atoms with Crippen LogP contribution in [0.2, 0.25) is 5.02 Å². The van der Waals surface area contributed by atoms with Gasteiger partial charge in [-0.15, -0.1) is 0 Å². The van der Waals surface area contributed by atoms with E-state index < -0.39 is 0 Å². The molecule has 72 valence electrons. The standard InChI is InChI=1S/C8H12ClN3S/c1-4-7(9)5(2)12(11-4)6(3)8(10)13/h6H,1-3H3,(H2,10,13). The lowest BCUT2D eigenvalue weighted by Crippen LogP contribution is -2.23. The van der Waals surface area contributed by atoms with Crippen LogP contribution >= 0.6 is 23.8 Å². The van der Waals surface area contributed by atoms with Crippen molar-refractivity contribution < 1.29 is 0 Å². The van der Waals surface area contributed by atoms with Gasteiger partial charge in [-0.3, -0.25) is 4.68 Å². The second-order valence-electron chi connectivity index (χ2n) is 3.01. The van der Waals surface area contributed by atoms with Crippen molar-refractivity contribution in [2.75, 3.05) is 0 Å². The van der Waals surface area contributed by atoms with Crippen molar-refractivity contribution in [3.63, 3.8) is 0 Å². The summed E-state index contributed by atoms with van der Waals surface area (Å²) in [6, 6.07) is -0.0822. The van der Waals surface area contributed by atoms with Crippen LogP contribution in [0.15, 0.2) is 0 Å². The van der Waals surface area contributed by atoms with Gasteiger partial charge in [0.25, 0.3) is 0 Å². The average Bonchev–Trinajstić information content (AvgIpc) is 2.31. The van der Waals surface area contributed by atoms with Crippen molar-refractivity contribution in [2.45, 2.75) is 26.8 Å². The highest BCUT2D eigenvalue weighted by molar-refractivity contribution is 7.80. The van der Waals surface area contributed by atoms with E-state index in [4.69, 9.17) is 29.6 Å². The maximum atomic E-state index is 5.98. The zero-order valence-corrected chi connectivity index (χ0v) is 9.41. The minimum Gasteiger partial charge on any atom is -0.392 e. The first-order chi connectivity index (χ1) is 5.95. The van der Waals surface area contributed by atoms with Gasteiger partial charge in [-0.2, -0.15) is 5.10 Å². The molecule has 1 aromatic rings. The number of hydrogen-bond acceptors (Lipinski definition) is 2. The number of rotatable bonds is 2. The number of nitrogens with two attached hydrogens (primary N) is 1. The molecule has 0 amide bonds. The van der Waals surface area contributed by atoms with Crippen LogP contribution in [0.5, 0.6) is 0 Å². The van der Waals surface area contributed by atoms with Crippen LogP contribution in [0.3, 0.4) is 0 Å². The molecule has 1 rings (SSSR count). The van der Waals surface area contributed by atoms with Gasteiger partial charge < -0.3 is 5.73 Å². The summed E-state index contributed by atoms with van der Waals surface area (Å²) in [5.41, 5.74) is 7.23. The third kappa shape index (κ3) is 1.84. The van der Waals surface area contributed by atoms with E-state index in [1.54, 1.807) is 4.68 Å². The van der Waals surface area contributed by atoms with E-state index in [-0.39, 0.29) is 6.04 Å². The van der Waals surface area contributed by atoms with E-state index in [2.05, 4.69) is 5.10 Å². The van der Waals surface area contributed by atoms with Crippen LogP contribution in [0, 0.1) is 13.8 Å². The summed E-state index contributed by atoms with van der Waals surface area (Å²) in [5.74, 6) is 0. The number of nitrogens with zero attached hydrogens (tertiary/aromatic N) is 2. The fourth-order valence-electron chi connectivity index (χ4n) is 1.14. The van der Waals surface area contributed by atoms with Gasteiger partial charge in [-0.1, -0.05) is 23.8 Å². The van der Waals surface area contributed by atoms with Gasteiger partial charge in [-0.05, 0) is 20.8 Å². The van der Waals surface area contributed by atoms with Crippen LogP contribution in [0.1, 0.15) is 24.4 Å². The van der Waals surface area contributed by atoms with Crippen LogP contribution in [0.25, 0.3) is 0 Å². The van der Waals surface area contributed by atoms with E-state index in [0.717, 1.165) is 11.4 Å². The molecule has 1 unspecified atom stereocenters. The van der Waals surface area contributed by atoms with Crippen molar-refractivity contribution in [1.29, 1.82) is 0 Å². The Morgan fingerprint density at radius 1 is 1.62 bits per heavy atom. The molecule has 0 spiro atoms. The van der Waals surface area contributed by atoms with Crippen LogP contribution in [0.4, 0.5) is 0 Å². The Labute approximate surface area is 87.9 Å². The molecule has 0 radical (unpaired) electrons. The lowest BCUT2D eigenvalue weighted by molar-refractivity contribution is 0.589. The molecular formula is C8H12ClN3S. The number of thiocarbonyl (C=S) groups is 1. The topological polar surface area (TPSA) is 43.8 Å². The van der Waals surface area contributed by atoms with Crippen LogP contribution in [-0.2, 0) is 0 Å². The van der Waals surface area contributed by atoms with Gasteiger partial charge in [0.15, 0.2) is 0 Å². The number of aryl methyl sites for hydroxylation is 1. The third-order valence-electron chi connectivity index (χ3n) is 2.02. The minimum absolute atomic E-state index is 0.0822. The average molecular weight is 218 g/mol. The van der Waals surface area contributed by atoms with Crippen molar-refractivity contribution in [1.82, 2.24) is 9.78 Å². The molecule has 0 saturated heterocycles. The van der Waals surface area contributed by atoms with Gasteiger partial charge in [0, 0.05) is 0 Å². The maximum Gasteiger partial charge on any atom is 0.0992 e. The van der Waals surface area contributed by atoms with E-state index >= 15 is 0 Å². The van der Waals surface area contributed by atoms with E-state index in [1.165, 1.54) is 0 Å². The molecule has 0 bridgehead atoms. The van der Waals surface area contributed by atoms with Gasteiger partial charge in [0.05, 0.1) is 27.4 Å². The number of aromatic nitrogens is 2. The summed E-state index contributed by atoms with van der Waals surface area (Å²) in [6.07, 6.45) is 0. The second kappa shape index (κ2) is 3.64. The summed E-state index contributed by atoms with van der Waals surface area (Å²) in [7, 11) is 0. The Kier molecular flexibility index (Phi) is 2.93. The Balaban J connectivity index is 3.15. The fourth-order valence-corrected chi connectivity index (χ4v) is 1.36. The maximum absolute atomic E-state index is 5.98.